The smallest absolute Gasteiger partial charge is 0.335 e. The highest BCUT2D eigenvalue weighted by atomic mass is 16.4. The van der Waals surface area contributed by atoms with Gasteiger partial charge in [0.05, 0.1) is 16.8 Å². The van der Waals surface area contributed by atoms with Crippen LogP contribution in [0.15, 0.2) is 18.2 Å². The fourth-order valence-electron chi connectivity index (χ4n) is 5.43. The minimum Gasteiger partial charge on any atom is -0.478 e. The molecule has 4 saturated carbocycles. The van der Waals surface area contributed by atoms with Crippen LogP contribution in [0.2, 0.25) is 0 Å². The molecule has 114 valence electrons. The maximum atomic E-state index is 11.1. The third-order valence-corrected chi connectivity index (χ3v) is 5.83. The SMILES string of the molecule is N#Cc1cc(C(=O)O)ccc1NC12CC3CC(CC(C3)C1)C2. The number of benzene rings is 1. The maximum Gasteiger partial charge on any atom is 0.335 e. The van der Waals surface area contributed by atoms with E-state index in [1.165, 1.54) is 44.6 Å². The lowest BCUT2D eigenvalue weighted by molar-refractivity contribution is 0.0107. The summed E-state index contributed by atoms with van der Waals surface area (Å²) < 4.78 is 0. The molecule has 0 radical (unpaired) electrons. The van der Waals surface area contributed by atoms with E-state index in [4.69, 9.17) is 5.11 Å². The van der Waals surface area contributed by atoms with E-state index in [1.54, 1.807) is 12.1 Å². The van der Waals surface area contributed by atoms with E-state index in [0.717, 1.165) is 23.4 Å². The van der Waals surface area contributed by atoms with Crippen LogP contribution >= 0.6 is 0 Å². The molecule has 4 aliphatic rings. The second-order valence-electron chi connectivity index (χ2n) is 7.50. The zero-order valence-electron chi connectivity index (χ0n) is 12.5. The van der Waals surface area contributed by atoms with E-state index in [9.17, 15) is 10.1 Å². The quantitative estimate of drug-likeness (QED) is 0.893. The predicted octanol–water partition coefficient (Wildman–Crippen LogP) is 3.64. The summed E-state index contributed by atoms with van der Waals surface area (Å²) in [5.74, 6) is 1.52. The van der Waals surface area contributed by atoms with Crippen LogP contribution in [-0.4, -0.2) is 16.6 Å². The molecule has 1 aromatic carbocycles. The zero-order valence-corrected chi connectivity index (χ0v) is 12.5. The summed E-state index contributed by atoms with van der Waals surface area (Å²) in [6, 6.07) is 6.98. The first kappa shape index (κ1) is 13.6. The van der Waals surface area contributed by atoms with Crippen molar-refractivity contribution in [3.05, 3.63) is 29.3 Å². The van der Waals surface area contributed by atoms with Crippen LogP contribution in [0.3, 0.4) is 0 Å². The average molecular weight is 296 g/mol. The number of carboxylic acids is 1. The van der Waals surface area contributed by atoms with Gasteiger partial charge in [0.15, 0.2) is 0 Å². The third kappa shape index (κ3) is 2.16. The number of hydrogen-bond donors (Lipinski definition) is 2. The Balaban J connectivity index is 1.64. The number of carbonyl (C=O) groups is 1. The summed E-state index contributed by atoms with van der Waals surface area (Å²) >= 11 is 0. The number of nitrogens with zero attached hydrogens (tertiary/aromatic N) is 1. The molecule has 4 nitrogen and oxygen atoms in total. The van der Waals surface area contributed by atoms with Crippen molar-refractivity contribution in [2.24, 2.45) is 17.8 Å². The number of hydrogen-bond acceptors (Lipinski definition) is 3. The maximum absolute atomic E-state index is 11.1. The highest BCUT2D eigenvalue weighted by Crippen LogP contribution is 2.56. The topological polar surface area (TPSA) is 73.1 Å². The van der Waals surface area contributed by atoms with Gasteiger partial charge in [-0.25, -0.2) is 4.79 Å². The van der Waals surface area contributed by atoms with E-state index >= 15 is 0 Å². The second-order valence-corrected chi connectivity index (χ2v) is 7.50. The van der Waals surface area contributed by atoms with Crippen molar-refractivity contribution >= 4 is 11.7 Å². The summed E-state index contributed by atoms with van der Waals surface area (Å²) in [5, 5.41) is 22.1. The molecule has 4 fully saturated rings. The van der Waals surface area contributed by atoms with Crippen LogP contribution < -0.4 is 5.32 Å². The van der Waals surface area contributed by atoms with Gasteiger partial charge in [-0.15, -0.1) is 0 Å². The molecule has 0 aromatic heterocycles. The second kappa shape index (κ2) is 4.74. The van der Waals surface area contributed by atoms with Crippen molar-refractivity contribution in [1.29, 1.82) is 5.26 Å². The molecule has 0 spiro atoms. The van der Waals surface area contributed by atoms with E-state index in [2.05, 4.69) is 11.4 Å². The number of nitrogens with one attached hydrogen (secondary N) is 1. The molecule has 22 heavy (non-hydrogen) atoms. The van der Waals surface area contributed by atoms with Gasteiger partial charge < -0.3 is 10.4 Å². The fourth-order valence-corrected chi connectivity index (χ4v) is 5.43. The summed E-state index contributed by atoms with van der Waals surface area (Å²) in [6.45, 7) is 0. The highest BCUT2D eigenvalue weighted by Gasteiger charge is 2.51. The Hall–Kier alpha value is -2.02. The molecular formula is C18H20N2O2. The largest absolute Gasteiger partial charge is 0.478 e. The molecule has 0 amide bonds. The summed E-state index contributed by atoms with van der Waals surface area (Å²) in [5.41, 5.74) is 1.54. The molecule has 5 rings (SSSR count). The Morgan fingerprint density at radius 3 is 2.27 bits per heavy atom. The minimum atomic E-state index is -0.988. The molecule has 4 bridgehead atoms. The van der Waals surface area contributed by atoms with Crippen LogP contribution in [0.25, 0.3) is 0 Å². The van der Waals surface area contributed by atoms with Gasteiger partial charge in [0.25, 0.3) is 0 Å². The third-order valence-electron chi connectivity index (χ3n) is 5.83. The van der Waals surface area contributed by atoms with E-state index in [1.807, 2.05) is 0 Å². The van der Waals surface area contributed by atoms with Crippen molar-refractivity contribution in [1.82, 2.24) is 0 Å². The van der Waals surface area contributed by atoms with Gasteiger partial charge in [-0.2, -0.15) is 5.26 Å². The Morgan fingerprint density at radius 2 is 1.77 bits per heavy atom. The Morgan fingerprint density at radius 1 is 1.18 bits per heavy atom. The number of carboxylic acid groups (broad SMARTS) is 1. The number of nitriles is 1. The molecule has 0 saturated heterocycles. The molecular weight excluding hydrogens is 276 g/mol. The van der Waals surface area contributed by atoms with Gasteiger partial charge in [-0.05, 0) is 74.5 Å². The lowest BCUT2D eigenvalue weighted by Crippen LogP contribution is -2.54. The molecule has 4 heteroatoms. The molecule has 0 unspecified atom stereocenters. The molecule has 0 atom stereocenters. The van der Waals surface area contributed by atoms with Gasteiger partial charge in [-0.1, -0.05) is 0 Å². The van der Waals surface area contributed by atoms with Crippen LogP contribution in [-0.2, 0) is 0 Å². The lowest BCUT2D eigenvalue weighted by Gasteiger charge is -2.57. The van der Waals surface area contributed by atoms with E-state index < -0.39 is 5.97 Å². The van der Waals surface area contributed by atoms with Crippen molar-refractivity contribution in [3.8, 4) is 6.07 Å². The zero-order chi connectivity index (χ0) is 15.3. The Kier molecular flexibility index (Phi) is 2.94. The first-order chi connectivity index (χ1) is 10.6. The van der Waals surface area contributed by atoms with Crippen LogP contribution in [0.4, 0.5) is 5.69 Å². The fraction of sp³-hybridized carbons (Fsp3) is 0.556. The van der Waals surface area contributed by atoms with Crippen LogP contribution in [0, 0.1) is 29.1 Å². The van der Waals surface area contributed by atoms with Gasteiger partial charge >= 0.3 is 5.97 Å². The first-order valence-corrected chi connectivity index (χ1v) is 8.12. The van der Waals surface area contributed by atoms with E-state index in [0.29, 0.717) is 5.56 Å². The summed E-state index contributed by atoms with van der Waals surface area (Å²) in [4.78, 5) is 11.1. The normalized spacial score (nSPS) is 35.1. The van der Waals surface area contributed by atoms with Gasteiger partial charge in [0, 0.05) is 5.54 Å². The van der Waals surface area contributed by atoms with Crippen LogP contribution in [0.1, 0.15) is 54.4 Å². The average Bonchev–Trinajstić information content (AvgIpc) is 2.45. The van der Waals surface area contributed by atoms with Gasteiger partial charge in [0.1, 0.15) is 6.07 Å². The van der Waals surface area contributed by atoms with Crippen molar-refractivity contribution < 1.29 is 9.90 Å². The molecule has 0 aliphatic heterocycles. The first-order valence-electron chi connectivity index (χ1n) is 8.12. The van der Waals surface area contributed by atoms with Crippen molar-refractivity contribution in [3.63, 3.8) is 0 Å². The Bertz CT molecular complexity index is 639. The van der Waals surface area contributed by atoms with Crippen molar-refractivity contribution in [2.75, 3.05) is 5.32 Å². The summed E-state index contributed by atoms with van der Waals surface area (Å²) in [6.07, 6.45) is 7.73. The summed E-state index contributed by atoms with van der Waals surface area (Å²) in [7, 11) is 0. The number of anilines is 1. The molecule has 1 aromatic rings. The standard InChI is InChI=1S/C18H20N2O2/c19-10-15-6-14(17(21)22)1-2-16(15)20-18-7-11-3-12(8-18)5-13(4-11)9-18/h1-2,6,11-13,20H,3-5,7-9H2,(H,21,22). The van der Waals surface area contributed by atoms with Crippen LogP contribution in [0.5, 0.6) is 0 Å². The minimum absolute atomic E-state index is 0.130. The monoisotopic (exact) mass is 296 g/mol. The molecule has 0 heterocycles. The Labute approximate surface area is 130 Å². The molecule has 4 aliphatic carbocycles. The van der Waals surface area contributed by atoms with Crippen molar-refractivity contribution in [2.45, 2.75) is 44.1 Å². The van der Waals surface area contributed by atoms with E-state index in [-0.39, 0.29) is 11.1 Å². The van der Waals surface area contributed by atoms with Gasteiger partial charge in [-0.3, -0.25) is 0 Å². The molecule has 2 N–H and O–H groups in total. The van der Waals surface area contributed by atoms with Gasteiger partial charge in [0.2, 0.25) is 0 Å². The number of aromatic carboxylic acids is 1. The predicted molar refractivity (Wildman–Crippen MR) is 82.6 cm³/mol. The lowest BCUT2D eigenvalue weighted by atomic mass is 9.53. The number of rotatable bonds is 3. The highest BCUT2D eigenvalue weighted by molar-refractivity contribution is 5.89.